The number of piperidine rings is 1. The number of amides is 2. The molecule has 6 nitrogen and oxygen atoms in total. The summed E-state index contributed by atoms with van der Waals surface area (Å²) in [5, 5.41) is 9.52. The van der Waals surface area contributed by atoms with Gasteiger partial charge in [0.1, 0.15) is 0 Å². The van der Waals surface area contributed by atoms with E-state index in [-0.39, 0.29) is 23.8 Å². The third-order valence-corrected chi connectivity index (χ3v) is 8.28. The molecule has 6 rings (SSSR count). The second-order valence-corrected chi connectivity index (χ2v) is 9.65. The minimum Gasteiger partial charge on any atom is -0.338 e. The van der Waals surface area contributed by atoms with Crippen LogP contribution in [-0.4, -0.2) is 50.9 Å². The van der Waals surface area contributed by atoms with E-state index in [0.29, 0.717) is 18.2 Å². The van der Waals surface area contributed by atoms with E-state index in [1.807, 2.05) is 9.80 Å². The summed E-state index contributed by atoms with van der Waals surface area (Å²) < 4.78 is 0. The van der Waals surface area contributed by atoms with Crippen LogP contribution in [0, 0.1) is 11.8 Å². The molecule has 2 aliphatic carbocycles. The van der Waals surface area contributed by atoms with Crippen molar-refractivity contribution in [3.63, 3.8) is 0 Å². The molecule has 0 spiro atoms. The maximum Gasteiger partial charge on any atom is 0.274 e. The first kappa shape index (κ1) is 16.8. The van der Waals surface area contributed by atoms with E-state index in [4.69, 9.17) is 0 Å². The van der Waals surface area contributed by atoms with Gasteiger partial charge in [0.15, 0.2) is 5.69 Å². The average molecular weight is 397 g/mol. The number of thiophene rings is 1. The Balaban J connectivity index is 1.23. The normalized spacial score (nSPS) is 27.9. The van der Waals surface area contributed by atoms with E-state index < -0.39 is 0 Å². The molecule has 3 atom stereocenters. The number of hydrogen-bond acceptors (Lipinski definition) is 4. The van der Waals surface area contributed by atoms with Gasteiger partial charge in [0.2, 0.25) is 5.91 Å². The molecule has 2 fully saturated rings. The molecular weight excluding hydrogens is 372 g/mol. The highest BCUT2D eigenvalue weighted by Crippen LogP contribution is 2.45. The first-order chi connectivity index (χ1) is 13.7. The van der Waals surface area contributed by atoms with Gasteiger partial charge in [-0.05, 0) is 61.5 Å². The maximum absolute atomic E-state index is 13.4. The van der Waals surface area contributed by atoms with E-state index in [9.17, 15) is 9.59 Å². The van der Waals surface area contributed by atoms with Crippen LogP contribution >= 0.6 is 11.3 Å². The molecule has 4 heterocycles. The van der Waals surface area contributed by atoms with Crippen LogP contribution in [0.5, 0.6) is 0 Å². The Morgan fingerprint density at radius 2 is 2.14 bits per heavy atom. The Labute approximate surface area is 167 Å². The Bertz CT molecular complexity index is 964. The maximum atomic E-state index is 13.4. The molecule has 4 aliphatic rings. The number of carbonyl (C=O) groups is 2. The van der Waals surface area contributed by atoms with Gasteiger partial charge in [0.25, 0.3) is 5.91 Å². The first-order valence-corrected chi connectivity index (χ1v) is 11.3. The first-order valence-electron chi connectivity index (χ1n) is 10.4. The van der Waals surface area contributed by atoms with E-state index in [2.05, 4.69) is 21.6 Å². The molecule has 0 aromatic carbocycles. The summed E-state index contributed by atoms with van der Waals surface area (Å²) in [5.41, 5.74) is 4.14. The van der Waals surface area contributed by atoms with E-state index in [1.54, 1.807) is 11.3 Å². The van der Waals surface area contributed by atoms with E-state index in [0.717, 1.165) is 62.9 Å². The van der Waals surface area contributed by atoms with Gasteiger partial charge < -0.3 is 9.80 Å². The van der Waals surface area contributed by atoms with Crippen molar-refractivity contribution in [1.29, 1.82) is 0 Å². The summed E-state index contributed by atoms with van der Waals surface area (Å²) in [4.78, 5) is 32.1. The minimum atomic E-state index is -0.0314. The minimum absolute atomic E-state index is 0.0307. The van der Waals surface area contributed by atoms with Crippen LogP contribution in [0.2, 0.25) is 0 Å². The lowest BCUT2D eigenvalue weighted by molar-refractivity contribution is -0.137. The van der Waals surface area contributed by atoms with Crippen LogP contribution in [0.4, 0.5) is 0 Å². The molecule has 2 bridgehead atoms. The summed E-state index contributed by atoms with van der Waals surface area (Å²) in [5.74, 6) is 0.559. The van der Waals surface area contributed by atoms with Crippen LogP contribution in [0.25, 0.3) is 0 Å². The summed E-state index contributed by atoms with van der Waals surface area (Å²) in [7, 11) is 0. The fourth-order valence-electron chi connectivity index (χ4n) is 5.88. The molecular formula is C21H24N4O2S. The highest BCUT2D eigenvalue weighted by Gasteiger charge is 2.53. The Morgan fingerprint density at radius 1 is 1.21 bits per heavy atom. The molecule has 2 amide bonds. The van der Waals surface area contributed by atoms with Gasteiger partial charge in [-0.15, -0.1) is 11.3 Å². The van der Waals surface area contributed by atoms with Gasteiger partial charge in [-0.3, -0.25) is 14.7 Å². The predicted octanol–water partition coefficient (Wildman–Crippen LogP) is 2.40. The molecule has 2 aromatic rings. The third-order valence-electron chi connectivity index (χ3n) is 7.26. The molecule has 2 aliphatic heterocycles. The van der Waals surface area contributed by atoms with Crippen molar-refractivity contribution in [3.8, 4) is 0 Å². The third kappa shape index (κ3) is 2.35. The fraction of sp³-hybridized carbons (Fsp3) is 0.571. The standard InChI is InChI=1S/C21H24N4O2S/c26-20(24-8-6-17-12(10-24)7-9-28-17)18-13-4-5-16(18)25(11-13)21(27)19-14-2-1-3-15(14)22-23-19/h7,9,13,16,18H,1-6,8,10-11H2,(H,22,23)/t13-,16-,18+/m0/s1. The number of aryl methyl sites for hydroxylation is 1. The lowest BCUT2D eigenvalue weighted by Crippen LogP contribution is -2.44. The average Bonchev–Trinajstić information content (AvgIpc) is 3.51. The van der Waals surface area contributed by atoms with Crippen LogP contribution in [0.3, 0.4) is 0 Å². The SMILES string of the molecule is O=C([C@@H]1[C@H]2CC[C@@H]1N(C(=O)c1n[nH]c3c1CCC3)C2)N1CCc2sccc2C1. The number of H-pyrrole nitrogens is 1. The van der Waals surface area contributed by atoms with Crippen molar-refractivity contribution in [3.05, 3.63) is 38.8 Å². The van der Waals surface area contributed by atoms with Crippen molar-refractivity contribution in [2.45, 2.75) is 51.1 Å². The topological polar surface area (TPSA) is 69.3 Å². The summed E-state index contributed by atoms with van der Waals surface area (Å²) >= 11 is 1.80. The number of fused-ring (bicyclic) bond motifs is 4. The second kappa shape index (κ2) is 6.17. The largest absolute Gasteiger partial charge is 0.338 e. The molecule has 1 N–H and O–H groups in total. The van der Waals surface area contributed by atoms with Crippen molar-refractivity contribution >= 4 is 23.2 Å². The van der Waals surface area contributed by atoms with Gasteiger partial charge >= 0.3 is 0 Å². The lowest BCUT2D eigenvalue weighted by Gasteiger charge is -2.31. The van der Waals surface area contributed by atoms with Gasteiger partial charge in [0, 0.05) is 41.8 Å². The highest BCUT2D eigenvalue weighted by molar-refractivity contribution is 7.10. The zero-order valence-electron chi connectivity index (χ0n) is 15.8. The number of carbonyl (C=O) groups excluding carboxylic acids is 2. The molecule has 1 saturated heterocycles. The number of aromatic amines is 1. The van der Waals surface area contributed by atoms with Crippen LogP contribution in [-0.2, 0) is 30.6 Å². The van der Waals surface area contributed by atoms with Crippen molar-refractivity contribution in [2.75, 3.05) is 13.1 Å². The van der Waals surface area contributed by atoms with Crippen molar-refractivity contribution < 1.29 is 9.59 Å². The number of aromatic nitrogens is 2. The number of nitrogens with zero attached hydrogens (tertiary/aromatic N) is 3. The Kier molecular flexibility index (Phi) is 3.70. The van der Waals surface area contributed by atoms with Gasteiger partial charge in [-0.2, -0.15) is 5.10 Å². The van der Waals surface area contributed by atoms with Gasteiger partial charge in [-0.25, -0.2) is 0 Å². The zero-order chi connectivity index (χ0) is 18.8. The molecule has 7 heteroatoms. The van der Waals surface area contributed by atoms with Crippen molar-refractivity contribution in [2.24, 2.45) is 11.8 Å². The lowest BCUT2D eigenvalue weighted by atomic mass is 9.95. The van der Waals surface area contributed by atoms with E-state index in [1.165, 1.54) is 10.4 Å². The quantitative estimate of drug-likeness (QED) is 0.847. The van der Waals surface area contributed by atoms with Crippen LogP contribution in [0.1, 0.15) is 51.4 Å². The van der Waals surface area contributed by atoms with Crippen LogP contribution in [0.15, 0.2) is 11.4 Å². The molecule has 0 radical (unpaired) electrons. The summed E-state index contributed by atoms with van der Waals surface area (Å²) in [6.07, 6.45) is 5.98. The fourth-order valence-corrected chi connectivity index (χ4v) is 6.77. The predicted molar refractivity (Wildman–Crippen MR) is 105 cm³/mol. The Hall–Kier alpha value is -2.15. The number of rotatable bonds is 2. The number of nitrogens with one attached hydrogen (secondary N) is 1. The molecule has 28 heavy (non-hydrogen) atoms. The van der Waals surface area contributed by atoms with Crippen LogP contribution < -0.4 is 0 Å². The smallest absolute Gasteiger partial charge is 0.274 e. The molecule has 146 valence electrons. The summed E-state index contributed by atoms with van der Waals surface area (Å²) in [6.45, 7) is 2.25. The number of hydrogen-bond donors (Lipinski definition) is 1. The van der Waals surface area contributed by atoms with Gasteiger partial charge in [0.05, 0.1) is 5.92 Å². The summed E-state index contributed by atoms with van der Waals surface area (Å²) in [6, 6.07) is 2.19. The van der Waals surface area contributed by atoms with Crippen molar-refractivity contribution in [1.82, 2.24) is 20.0 Å². The van der Waals surface area contributed by atoms with Gasteiger partial charge in [-0.1, -0.05) is 0 Å². The zero-order valence-corrected chi connectivity index (χ0v) is 16.6. The number of likely N-dealkylation sites (tertiary alicyclic amines) is 1. The molecule has 1 saturated carbocycles. The van der Waals surface area contributed by atoms with E-state index >= 15 is 0 Å². The molecule has 2 aromatic heterocycles. The Morgan fingerprint density at radius 3 is 3.07 bits per heavy atom. The molecule has 0 unspecified atom stereocenters. The monoisotopic (exact) mass is 396 g/mol. The second-order valence-electron chi connectivity index (χ2n) is 8.65. The highest BCUT2D eigenvalue weighted by atomic mass is 32.1.